The van der Waals surface area contributed by atoms with E-state index in [0.29, 0.717) is 11.8 Å². The van der Waals surface area contributed by atoms with E-state index in [1.165, 1.54) is 6.92 Å². The first-order valence-electron chi connectivity index (χ1n) is 3.99. The molecule has 0 heterocycles. The van der Waals surface area contributed by atoms with E-state index in [4.69, 9.17) is 10.8 Å². The molecule has 0 unspecified atom stereocenters. The Bertz CT molecular complexity index is 476. The standard InChI is InChI=1S/C9H6BrF3N2S/c1-3(14)16-9(15)4-2-5(10)7(12)8(13)6(4)11/h2,14-15H,1H3. The summed E-state index contributed by atoms with van der Waals surface area (Å²) in [6.45, 7) is 1.41. The molecule has 86 valence electrons. The summed E-state index contributed by atoms with van der Waals surface area (Å²) in [4.78, 5) is 0. The average Bonchev–Trinajstić information content (AvgIpc) is 2.19. The second-order valence-electron chi connectivity index (χ2n) is 2.84. The lowest BCUT2D eigenvalue weighted by molar-refractivity contribution is 0.443. The fraction of sp³-hybridized carbons (Fsp3) is 0.111. The van der Waals surface area contributed by atoms with Crippen LogP contribution in [0.1, 0.15) is 12.5 Å². The molecule has 0 amide bonds. The minimum atomic E-state index is -1.63. The first-order valence-corrected chi connectivity index (χ1v) is 5.60. The quantitative estimate of drug-likeness (QED) is 0.351. The third-order valence-corrected chi connectivity index (χ3v) is 2.91. The number of hydrogen-bond acceptors (Lipinski definition) is 3. The maximum absolute atomic E-state index is 13.3. The Morgan fingerprint density at radius 3 is 2.25 bits per heavy atom. The topological polar surface area (TPSA) is 47.7 Å². The van der Waals surface area contributed by atoms with Crippen molar-refractivity contribution >= 4 is 37.8 Å². The molecule has 2 nitrogen and oxygen atoms in total. The van der Waals surface area contributed by atoms with Gasteiger partial charge in [-0.3, -0.25) is 10.8 Å². The molecule has 2 N–H and O–H groups in total. The molecule has 0 aliphatic heterocycles. The number of rotatable bonds is 1. The Kier molecular flexibility index (Phi) is 4.15. The first kappa shape index (κ1) is 13.2. The second-order valence-corrected chi connectivity index (χ2v) is 4.91. The number of halogens is 4. The summed E-state index contributed by atoms with van der Waals surface area (Å²) in [5.41, 5.74) is -0.373. The van der Waals surface area contributed by atoms with E-state index in [2.05, 4.69) is 15.9 Å². The van der Waals surface area contributed by atoms with Crippen molar-refractivity contribution in [3.05, 3.63) is 33.6 Å². The molecule has 0 radical (unpaired) electrons. The predicted molar refractivity (Wildman–Crippen MR) is 61.8 cm³/mol. The third-order valence-electron chi connectivity index (χ3n) is 1.60. The van der Waals surface area contributed by atoms with E-state index in [1.54, 1.807) is 0 Å². The first-order chi connectivity index (χ1) is 7.34. The van der Waals surface area contributed by atoms with E-state index >= 15 is 0 Å². The van der Waals surface area contributed by atoms with Crippen LogP contribution in [0, 0.1) is 28.3 Å². The van der Waals surface area contributed by atoms with Crippen molar-refractivity contribution < 1.29 is 13.2 Å². The molecular weight excluding hydrogens is 305 g/mol. The van der Waals surface area contributed by atoms with Crippen LogP contribution in [0.15, 0.2) is 10.5 Å². The van der Waals surface area contributed by atoms with Crippen molar-refractivity contribution in [3.8, 4) is 0 Å². The summed E-state index contributed by atoms with van der Waals surface area (Å²) < 4.78 is 39.0. The van der Waals surface area contributed by atoms with Gasteiger partial charge in [0.05, 0.1) is 9.52 Å². The van der Waals surface area contributed by atoms with Gasteiger partial charge in [0, 0.05) is 5.56 Å². The lowest BCUT2D eigenvalue weighted by Crippen LogP contribution is -2.05. The molecule has 0 spiro atoms. The van der Waals surface area contributed by atoms with Crippen LogP contribution < -0.4 is 0 Å². The van der Waals surface area contributed by atoms with Gasteiger partial charge in [-0.05, 0) is 28.9 Å². The Morgan fingerprint density at radius 1 is 1.19 bits per heavy atom. The molecule has 0 fully saturated rings. The molecule has 0 aromatic heterocycles. The third kappa shape index (κ3) is 2.65. The zero-order valence-corrected chi connectivity index (χ0v) is 10.4. The highest BCUT2D eigenvalue weighted by Gasteiger charge is 2.20. The highest BCUT2D eigenvalue weighted by Crippen LogP contribution is 2.26. The van der Waals surface area contributed by atoms with Crippen LogP contribution >= 0.6 is 27.7 Å². The SMILES string of the molecule is CC(=N)SC(=N)c1cc(Br)c(F)c(F)c1F. The molecule has 1 aromatic rings. The molecule has 0 saturated heterocycles. The Morgan fingerprint density at radius 2 is 1.75 bits per heavy atom. The monoisotopic (exact) mass is 310 g/mol. The number of thioether (sulfide) groups is 1. The Hall–Kier alpha value is -0.820. The molecule has 16 heavy (non-hydrogen) atoms. The molecule has 0 saturated carbocycles. The van der Waals surface area contributed by atoms with Gasteiger partial charge in [-0.1, -0.05) is 11.8 Å². The minimum Gasteiger partial charge on any atom is -0.298 e. The van der Waals surface area contributed by atoms with Gasteiger partial charge in [-0.15, -0.1) is 0 Å². The summed E-state index contributed by atoms with van der Waals surface area (Å²) in [6.07, 6.45) is 0. The molecule has 0 atom stereocenters. The van der Waals surface area contributed by atoms with Gasteiger partial charge in [0.2, 0.25) is 0 Å². The largest absolute Gasteiger partial charge is 0.298 e. The lowest BCUT2D eigenvalue weighted by atomic mass is 10.2. The van der Waals surface area contributed by atoms with E-state index < -0.39 is 17.5 Å². The van der Waals surface area contributed by atoms with Gasteiger partial charge in [0.25, 0.3) is 0 Å². The smallest absolute Gasteiger partial charge is 0.196 e. The maximum atomic E-state index is 13.3. The van der Waals surface area contributed by atoms with Crippen LogP contribution in [-0.4, -0.2) is 10.1 Å². The highest BCUT2D eigenvalue weighted by molar-refractivity contribution is 9.10. The second kappa shape index (κ2) is 5.01. The summed E-state index contributed by atoms with van der Waals surface area (Å²) >= 11 is 3.39. The van der Waals surface area contributed by atoms with Gasteiger partial charge < -0.3 is 0 Å². The predicted octanol–water partition coefficient (Wildman–Crippen LogP) is 3.92. The summed E-state index contributed by atoms with van der Waals surface area (Å²) in [5, 5.41) is 14.3. The number of hydrogen-bond donors (Lipinski definition) is 2. The molecular formula is C9H6BrF3N2S. The average molecular weight is 311 g/mol. The highest BCUT2D eigenvalue weighted by atomic mass is 79.9. The number of nitrogens with one attached hydrogen (secondary N) is 2. The van der Waals surface area contributed by atoms with E-state index in [0.717, 1.165) is 6.07 Å². The van der Waals surface area contributed by atoms with Crippen molar-refractivity contribution in [1.82, 2.24) is 0 Å². The van der Waals surface area contributed by atoms with Crippen molar-refractivity contribution in [2.75, 3.05) is 0 Å². The van der Waals surface area contributed by atoms with Crippen LogP contribution in [0.5, 0.6) is 0 Å². The van der Waals surface area contributed by atoms with Crippen LogP contribution in [-0.2, 0) is 0 Å². The summed E-state index contributed by atoms with van der Waals surface area (Å²) in [6, 6.07) is 0.978. The van der Waals surface area contributed by atoms with Gasteiger partial charge in [0.1, 0.15) is 5.04 Å². The molecule has 0 aliphatic rings. The van der Waals surface area contributed by atoms with Crippen LogP contribution in [0.25, 0.3) is 0 Å². The van der Waals surface area contributed by atoms with Crippen LogP contribution in [0.4, 0.5) is 13.2 Å². The van der Waals surface area contributed by atoms with Gasteiger partial charge >= 0.3 is 0 Å². The fourth-order valence-corrected chi connectivity index (χ4v) is 1.91. The van der Waals surface area contributed by atoms with Crippen LogP contribution in [0.3, 0.4) is 0 Å². The van der Waals surface area contributed by atoms with Crippen molar-refractivity contribution in [3.63, 3.8) is 0 Å². The lowest BCUT2D eigenvalue weighted by Gasteiger charge is -2.06. The summed E-state index contributed by atoms with van der Waals surface area (Å²) in [5.74, 6) is -4.37. The molecule has 0 aliphatic carbocycles. The molecule has 1 rings (SSSR count). The maximum Gasteiger partial charge on any atom is 0.196 e. The van der Waals surface area contributed by atoms with Crippen molar-refractivity contribution in [1.29, 1.82) is 10.8 Å². The van der Waals surface area contributed by atoms with E-state index in [9.17, 15) is 13.2 Å². The minimum absolute atomic E-state index is 0.0604. The Labute approximate surface area is 102 Å². The molecule has 0 bridgehead atoms. The normalized spacial score (nSPS) is 10.3. The molecule has 1 aromatic carbocycles. The zero-order valence-electron chi connectivity index (χ0n) is 8.00. The molecule has 7 heteroatoms. The van der Waals surface area contributed by atoms with Crippen molar-refractivity contribution in [2.45, 2.75) is 6.92 Å². The zero-order chi connectivity index (χ0) is 12.5. The Balaban J connectivity index is 3.25. The van der Waals surface area contributed by atoms with E-state index in [-0.39, 0.29) is 20.1 Å². The van der Waals surface area contributed by atoms with Gasteiger partial charge in [-0.2, -0.15) is 0 Å². The number of benzene rings is 1. The van der Waals surface area contributed by atoms with E-state index in [1.807, 2.05) is 0 Å². The summed E-state index contributed by atoms with van der Waals surface area (Å²) in [7, 11) is 0. The van der Waals surface area contributed by atoms with Crippen LogP contribution in [0.2, 0.25) is 0 Å². The van der Waals surface area contributed by atoms with Gasteiger partial charge in [-0.25, -0.2) is 13.2 Å². The van der Waals surface area contributed by atoms with Crippen molar-refractivity contribution in [2.24, 2.45) is 0 Å². The van der Waals surface area contributed by atoms with Gasteiger partial charge in [0.15, 0.2) is 17.5 Å². The fourth-order valence-electron chi connectivity index (χ4n) is 0.946.